The topological polar surface area (TPSA) is 64.4 Å². The predicted octanol–water partition coefficient (Wildman–Crippen LogP) is 1.81. The summed E-state index contributed by atoms with van der Waals surface area (Å²) in [5.41, 5.74) is 0.733. The van der Waals surface area contributed by atoms with Crippen molar-refractivity contribution in [2.75, 3.05) is 26.7 Å². The molecule has 0 unspecified atom stereocenters. The van der Waals surface area contributed by atoms with E-state index < -0.39 is 17.9 Å². The normalized spacial score (nSPS) is 18.0. The van der Waals surface area contributed by atoms with Gasteiger partial charge in [0.05, 0.1) is 25.9 Å². The Morgan fingerprint density at radius 2 is 2.04 bits per heavy atom. The summed E-state index contributed by atoms with van der Waals surface area (Å²) in [7, 11) is 1.28. The number of carbonyl (C=O) groups is 1. The molecule has 25 heavy (non-hydrogen) atoms. The first-order chi connectivity index (χ1) is 11.6. The Kier molecular flexibility index (Phi) is 5.92. The van der Waals surface area contributed by atoms with Crippen LogP contribution in [0.2, 0.25) is 0 Å². The number of esters is 1. The van der Waals surface area contributed by atoms with Crippen molar-refractivity contribution in [3.05, 3.63) is 27.7 Å². The molecule has 1 aromatic heterocycles. The van der Waals surface area contributed by atoms with E-state index in [4.69, 9.17) is 4.74 Å². The Bertz CT molecular complexity index is 680. The van der Waals surface area contributed by atoms with E-state index in [9.17, 15) is 18.4 Å². The van der Waals surface area contributed by atoms with Crippen molar-refractivity contribution in [2.24, 2.45) is 5.92 Å². The Morgan fingerprint density at radius 1 is 1.40 bits per heavy atom. The van der Waals surface area contributed by atoms with Crippen LogP contribution in [0.1, 0.15) is 37.6 Å². The van der Waals surface area contributed by atoms with Gasteiger partial charge < -0.3 is 4.74 Å². The molecule has 1 saturated heterocycles. The third-order valence-corrected chi connectivity index (χ3v) is 4.22. The molecule has 0 saturated carbocycles. The zero-order valence-corrected chi connectivity index (χ0v) is 15.1. The van der Waals surface area contributed by atoms with E-state index in [1.165, 1.54) is 11.8 Å². The first kappa shape index (κ1) is 19.5. The smallest absolute Gasteiger partial charge is 0.330 e. The van der Waals surface area contributed by atoms with Crippen molar-refractivity contribution in [1.82, 2.24) is 14.7 Å². The fraction of sp³-hybridized carbons (Fsp3) is 0.706. The van der Waals surface area contributed by atoms with Crippen LogP contribution in [-0.2, 0) is 16.0 Å². The van der Waals surface area contributed by atoms with Crippen molar-refractivity contribution < 1.29 is 18.3 Å². The van der Waals surface area contributed by atoms with Crippen LogP contribution in [0.5, 0.6) is 0 Å². The number of alkyl halides is 2. The lowest BCUT2D eigenvalue weighted by Gasteiger charge is -2.38. The number of hydrogen-bond donors (Lipinski definition) is 0. The molecule has 1 fully saturated rings. The molecule has 1 aromatic rings. The highest BCUT2D eigenvalue weighted by atomic mass is 19.3. The summed E-state index contributed by atoms with van der Waals surface area (Å²) in [6.45, 7) is 5.50. The van der Waals surface area contributed by atoms with Gasteiger partial charge in [0.2, 0.25) is 0 Å². The molecule has 2 rings (SSSR count). The number of nitrogens with zero attached hydrogens (tertiary/aromatic N) is 3. The number of hydrogen-bond acceptors (Lipinski definition) is 5. The average Bonchev–Trinajstić information content (AvgIpc) is 2.50. The largest absolute Gasteiger partial charge is 0.467 e. The second-order valence-electron chi connectivity index (χ2n) is 7.05. The third-order valence-electron chi connectivity index (χ3n) is 4.22. The van der Waals surface area contributed by atoms with Gasteiger partial charge in [0, 0.05) is 18.5 Å². The van der Waals surface area contributed by atoms with E-state index >= 15 is 0 Å². The molecule has 0 bridgehead atoms. The first-order valence-electron chi connectivity index (χ1n) is 8.40. The maximum atomic E-state index is 12.9. The molecule has 8 heteroatoms. The van der Waals surface area contributed by atoms with E-state index in [2.05, 4.69) is 5.10 Å². The average molecular weight is 357 g/mol. The summed E-state index contributed by atoms with van der Waals surface area (Å²) in [5, 5.41) is 4.31. The lowest BCUT2D eigenvalue weighted by molar-refractivity contribution is -0.145. The lowest BCUT2D eigenvalue weighted by Crippen LogP contribution is -2.56. The summed E-state index contributed by atoms with van der Waals surface area (Å²) in [5.74, 6) is -2.94. The first-order valence-corrected chi connectivity index (χ1v) is 8.40. The second-order valence-corrected chi connectivity index (χ2v) is 7.05. The fourth-order valence-corrected chi connectivity index (χ4v) is 2.96. The van der Waals surface area contributed by atoms with Crippen LogP contribution in [0.25, 0.3) is 0 Å². The number of halogens is 2. The van der Waals surface area contributed by atoms with Crippen LogP contribution in [0, 0.1) is 12.8 Å². The minimum Gasteiger partial charge on any atom is -0.467 e. The molecule has 6 nitrogen and oxygen atoms in total. The summed E-state index contributed by atoms with van der Waals surface area (Å²) in [6, 6.07) is 0.866. The number of aryl methyl sites for hydroxylation is 1. The van der Waals surface area contributed by atoms with Crippen LogP contribution >= 0.6 is 0 Å². The van der Waals surface area contributed by atoms with Crippen molar-refractivity contribution in [2.45, 2.75) is 45.6 Å². The molecule has 2 heterocycles. The molecular weight excluding hydrogens is 332 g/mol. The van der Waals surface area contributed by atoms with Crippen molar-refractivity contribution in [3.63, 3.8) is 0 Å². The quantitative estimate of drug-likeness (QED) is 0.697. The second kappa shape index (κ2) is 7.59. The van der Waals surface area contributed by atoms with Gasteiger partial charge in [-0.05, 0) is 25.3 Å². The van der Waals surface area contributed by atoms with Gasteiger partial charge in [0.15, 0.2) is 6.04 Å². The highest BCUT2D eigenvalue weighted by Gasteiger charge is 2.43. The highest BCUT2D eigenvalue weighted by Crippen LogP contribution is 2.26. The maximum absolute atomic E-state index is 12.9. The minimum atomic E-state index is -2.60. The van der Waals surface area contributed by atoms with Gasteiger partial charge in [0.25, 0.3) is 11.5 Å². The molecule has 140 valence electrons. The molecule has 0 spiro atoms. The number of methoxy groups -OCH3 is 1. The maximum Gasteiger partial charge on any atom is 0.330 e. The number of likely N-dealkylation sites (tertiary alicyclic amines) is 1. The van der Waals surface area contributed by atoms with Gasteiger partial charge >= 0.3 is 5.97 Å². The summed E-state index contributed by atoms with van der Waals surface area (Å²) >= 11 is 0. The zero-order valence-electron chi connectivity index (χ0n) is 15.1. The number of aromatic nitrogens is 2. The molecule has 1 aliphatic rings. The number of rotatable bonds is 7. The Labute approximate surface area is 145 Å². The number of ether oxygens (including phenoxy) is 1. The predicted molar refractivity (Wildman–Crippen MR) is 88.8 cm³/mol. The van der Waals surface area contributed by atoms with Crippen LogP contribution in [0.4, 0.5) is 8.78 Å². The van der Waals surface area contributed by atoms with Gasteiger partial charge in [-0.3, -0.25) is 9.69 Å². The molecule has 1 aliphatic heterocycles. The zero-order chi connectivity index (χ0) is 18.8. The van der Waals surface area contributed by atoms with Crippen LogP contribution in [0.15, 0.2) is 10.9 Å². The number of carbonyl (C=O) groups excluding carboxylic acids is 1. The highest BCUT2D eigenvalue weighted by molar-refractivity contribution is 5.73. The van der Waals surface area contributed by atoms with Crippen LogP contribution in [0.3, 0.4) is 0 Å². The van der Waals surface area contributed by atoms with Crippen molar-refractivity contribution in [3.8, 4) is 0 Å². The molecule has 0 aliphatic carbocycles. The summed E-state index contributed by atoms with van der Waals surface area (Å²) in [4.78, 5) is 26.2. The third kappa shape index (κ3) is 4.84. The Balaban J connectivity index is 2.20. The minimum absolute atomic E-state index is 0.171. The van der Waals surface area contributed by atoms with Gasteiger partial charge in [-0.15, -0.1) is 0 Å². The van der Waals surface area contributed by atoms with E-state index in [0.717, 1.165) is 0 Å². The van der Waals surface area contributed by atoms with Crippen LogP contribution in [-0.4, -0.2) is 53.3 Å². The van der Waals surface area contributed by atoms with E-state index in [1.807, 2.05) is 13.8 Å². The van der Waals surface area contributed by atoms with E-state index in [-0.39, 0.29) is 24.6 Å². The lowest BCUT2D eigenvalue weighted by atomic mass is 10.0. The Hall–Kier alpha value is -1.83. The SMILES string of the molecule is COC(=O)[C@H](CC(C)C)n1nc(CCN2CC(F)(F)C2)cc(C)c1=O. The van der Waals surface area contributed by atoms with Crippen LogP contribution < -0.4 is 5.56 Å². The summed E-state index contributed by atoms with van der Waals surface area (Å²) < 4.78 is 31.8. The molecule has 0 N–H and O–H groups in total. The molecule has 0 radical (unpaired) electrons. The van der Waals surface area contributed by atoms with E-state index in [0.29, 0.717) is 30.6 Å². The van der Waals surface area contributed by atoms with Gasteiger partial charge in [-0.1, -0.05) is 13.8 Å². The van der Waals surface area contributed by atoms with E-state index in [1.54, 1.807) is 17.9 Å². The van der Waals surface area contributed by atoms with Crippen molar-refractivity contribution in [1.29, 1.82) is 0 Å². The van der Waals surface area contributed by atoms with Gasteiger partial charge in [0.1, 0.15) is 0 Å². The summed E-state index contributed by atoms with van der Waals surface area (Å²) in [6.07, 6.45) is 0.869. The standard InChI is InChI=1S/C17H25F2N3O3/c1-11(2)7-14(16(24)25-4)22-15(23)12(3)8-13(20-22)5-6-21-9-17(18,19)10-21/h8,11,14H,5-7,9-10H2,1-4H3/t14-/m0/s1. The molecule has 0 amide bonds. The van der Waals surface area contributed by atoms with Gasteiger partial charge in [-0.2, -0.15) is 5.10 Å². The molecule has 1 atom stereocenters. The monoisotopic (exact) mass is 357 g/mol. The Morgan fingerprint density at radius 3 is 2.56 bits per heavy atom. The van der Waals surface area contributed by atoms with Crippen molar-refractivity contribution >= 4 is 5.97 Å². The molecule has 0 aromatic carbocycles. The van der Waals surface area contributed by atoms with Gasteiger partial charge in [-0.25, -0.2) is 18.3 Å². The fourth-order valence-electron chi connectivity index (χ4n) is 2.96. The molecular formula is C17H25F2N3O3.